The topological polar surface area (TPSA) is 100 Å². The molecule has 0 saturated carbocycles. The van der Waals surface area contributed by atoms with Gasteiger partial charge in [-0.1, -0.05) is 12.1 Å². The Labute approximate surface area is 161 Å². The molecule has 28 heavy (non-hydrogen) atoms. The van der Waals surface area contributed by atoms with Gasteiger partial charge in [0, 0.05) is 20.6 Å². The average Bonchev–Trinajstić information content (AvgIpc) is 3.04. The van der Waals surface area contributed by atoms with Crippen LogP contribution in [0.3, 0.4) is 0 Å². The van der Waals surface area contributed by atoms with Crippen molar-refractivity contribution in [3.8, 4) is 5.75 Å². The molecule has 0 bridgehead atoms. The number of aromatic nitrogens is 4. The molecule has 1 amide bonds. The molecule has 2 aromatic heterocycles. The Morgan fingerprint density at radius 3 is 2.50 bits per heavy atom. The highest BCUT2D eigenvalue weighted by molar-refractivity contribution is 5.76. The van der Waals surface area contributed by atoms with E-state index in [1.54, 1.807) is 7.05 Å². The van der Waals surface area contributed by atoms with Crippen LogP contribution in [0.5, 0.6) is 5.75 Å². The molecule has 3 rings (SSSR count). The van der Waals surface area contributed by atoms with Crippen molar-refractivity contribution < 1.29 is 9.53 Å². The van der Waals surface area contributed by atoms with Crippen molar-refractivity contribution in [2.45, 2.75) is 33.0 Å². The maximum absolute atomic E-state index is 12.6. The zero-order valence-corrected chi connectivity index (χ0v) is 16.3. The van der Waals surface area contributed by atoms with Crippen LogP contribution in [-0.4, -0.2) is 30.7 Å². The van der Waals surface area contributed by atoms with Crippen LogP contribution in [0.1, 0.15) is 19.4 Å². The Bertz CT molecular complexity index is 1120. The summed E-state index contributed by atoms with van der Waals surface area (Å²) in [5.74, 6) is 0.327. The van der Waals surface area contributed by atoms with Crippen molar-refractivity contribution in [3.63, 3.8) is 0 Å². The number of nitrogens with one attached hydrogen (secondary N) is 1. The van der Waals surface area contributed by atoms with Gasteiger partial charge in [-0.25, -0.2) is 14.3 Å². The lowest BCUT2D eigenvalue weighted by molar-refractivity contribution is -0.121. The first kappa shape index (κ1) is 19.4. The van der Waals surface area contributed by atoms with Gasteiger partial charge in [0.15, 0.2) is 11.2 Å². The molecule has 2 heterocycles. The minimum Gasteiger partial charge on any atom is -0.491 e. The molecule has 9 nitrogen and oxygen atoms in total. The van der Waals surface area contributed by atoms with Crippen molar-refractivity contribution in [1.29, 1.82) is 0 Å². The Morgan fingerprint density at radius 2 is 1.86 bits per heavy atom. The van der Waals surface area contributed by atoms with Crippen molar-refractivity contribution >= 4 is 17.1 Å². The molecule has 148 valence electrons. The molecule has 0 spiro atoms. The first-order chi connectivity index (χ1) is 13.3. The number of carbonyl (C=O) groups excluding carboxylic acids is 1. The van der Waals surface area contributed by atoms with Gasteiger partial charge < -0.3 is 14.6 Å². The number of hydrogen-bond acceptors (Lipinski definition) is 5. The maximum atomic E-state index is 12.6. The predicted octanol–water partition coefficient (Wildman–Crippen LogP) is 0.537. The van der Waals surface area contributed by atoms with Gasteiger partial charge in [0.05, 0.1) is 12.4 Å². The molecule has 0 aliphatic carbocycles. The molecule has 0 atom stereocenters. The Morgan fingerprint density at radius 1 is 1.18 bits per heavy atom. The van der Waals surface area contributed by atoms with Gasteiger partial charge in [-0.3, -0.25) is 14.2 Å². The van der Waals surface area contributed by atoms with E-state index < -0.39 is 17.2 Å². The summed E-state index contributed by atoms with van der Waals surface area (Å²) >= 11 is 0. The number of aryl methyl sites for hydroxylation is 2. The molecule has 9 heteroatoms. The predicted molar refractivity (Wildman–Crippen MR) is 104 cm³/mol. The van der Waals surface area contributed by atoms with Crippen molar-refractivity contribution in [3.05, 3.63) is 57.0 Å². The van der Waals surface area contributed by atoms with Gasteiger partial charge in [-0.15, -0.1) is 0 Å². The van der Waals surface area contributed by atoms with E-state index >= 15 is 0 Å². The Kier molecular flexibility index (Phi) is 5.34. The van der Waals surface area contributed by atoms with Crippen LogP contribution in [-0.2, 0) is 32.0 Å². The fourth-order valence-electron chi connectivity index (χ4n) is 2.89. The van der Waals surface area contributed by atoms with Crippen LogP contribution < -0.4 is 21.3 Å². The number of ether oxygens (including phenoxy) is 1. The molecule has 1 N–H and O–H groups in total. The van der Waals surface area contributed by atoms with Gasteiger partial charge in [0.1, 0.15) is 12.3 Å². The van der Waals surface area contributed by atoms with E-state index in [1.165, 1.54) is 22.5 Å². The van der Waals surface area contributed by atoms with Crippen LogP contribution in [0, 0.1) is 0 Å². The van der Waals surface area contributed by atoms with E-state index in [2.05, 4.69) is 10.3 Å². The lowest BCUT2D eigenvalue weighted by atomic mass is 10.2. The number of hydrogen-bond donors (Lipinski definition) is 1. The van der Waals surface area contributed by atoms with Gasteiger partial charge in [0.2, 0.25) is 5.91 Å². The lowest BCUT2D eigenvalue weighted by Gasteiger charge is -2.11. The number of benzene rings is 1. The van der Waals surface area contributed by atoms with Crippen LogP contribution in [0.4, 0.5) is 0 Å². The summed E-state index contributed by atoms with van der Waals surface area (Å²) in [6.07, 6.45) is 1.55. The van der Waals surface area contributed by atoms with E-state index in [0.717, 1.165) is 15.9 Å². The normalized spacial score (nSPS) is 11.2. The summed E-state index contributed by atoms with van der Waals surface area (Å²) in [4.78, 5) is 41.4. The third-order valence-electron chi connectivity index (χ3n) is 4.29. The van der Waals surface area contributed by atoms with Gasteiger partial charge >= 0.3 is 5.69 Å². The smallest absolute Gasteiger partial charge is 0.332 e. The van der Waals surface area contributed by atoms with Gasteiger partial charge in [-0.05, 0) is 31.5 Å². The van der Waals surface area contributed by atoms with E-state index in [-0.39, 0.29) is 30.4 Å². The molecular weight excluding hydrogens is 362 g/mol. The van der Waals surface area contributed by atoms with Crippen LogP contribution in [0.2, 0.25) is 0 Å². The fraction of sp³-hybridized carbons (Fsp3) is 0.368. The molecule has 1 aromatic carbocycles. The third-order valence-corrected chi connectivity index (χ3v) is 4.29. The second kappa shape index (κ2) is 7.71. The zero-order chi connectivity index (χ0) is 20.4. The molecule has 0 fully saturated rings. The number of nitrogens with zero attached hydrogens (tertiary/aromatic N) is 4. The maximum Gasteiger partial charge on any atom is 0.332 e. The number of carbonyl (C=O) groups is 1. The number of fused-ring (bicyclic) bond motifs is 1. The quantitative estimate of drug-likeness (QED) is 0.667. The van der Waals surface area contributed by atoms with E-state index in [1.807, 2.05) is 38.1 Å². The fourth-order valence-corrected chi connectivity index (χ4v) is 2.89. The second-order valence-corrected chi connectivity index (χ2v) is 6.85. The monoisotopic (exact) mass is 385 g/mol. The summed E-state index contributed by atoms with van der Waals surface area (Å²) in [5, 5.41) is 2.73. The van der Waals surface area contributed by atoms with Crippen molar-refractivity contribution in [2.24, 2.45) is 14.1 Å². The van der Waals surface area contributed by atoms with Crippen LogP contribution >= 0.6 is 0 Å². The third kappa shape index (κ3) is 3.83. The number of rotatable bonds is 6. The minimum atomic E-state index is -0.582. The molecule has 3 aromatic rings. The van der Waals surface area contributed by atoms with E-state index in [0.29, 0.717) is 0 Å². The lowest BCUT2D eigenvalue weighted by Crippen LogP contribution is -2.43. The highest BCUT2D eigenvalue weighted by Gasteiger charge is 2.16. The first-order valence-electron chi connectivity index (χ1n) is 8.91. The number of imidazole rings is 1. The Hall–Kier alpha value is -3.36. The summed E-state index contributed by atoms with van der Waals surface area (Å²) in [5.41, 5.74) is 0.324. The summed E-state index contributed by atoms with van der Waals surface area (Å²) in [6, 6.07) is 7.37. The van der Waals surface area contributed by atoms with E-state index in [4.69, 9.17) is 4.74 Å². The molecule has 0 unspecified atom stereocenters. The van der Waals surface area contributed by atoms with Crippen molar-refractivity contribution in [2.75, 3.05) is 0 Å². The van der Waals surface area contributed by atoms with Crippen LogP contribution in [0.15, 0.2) is 40.2 Å². The van der Waals surface area contributed by atoms with Gasteiger partial charge in [-0.2, -0.15) is 0 Å². The van der Waals surface area contributed by atoms with Crippen LogP contribution in [0.25, 0.3) is 11.2 Å². The molecular formula is C19H23N5O4. The van der Waals surface area contributed by atoms with Gasteiger partial charge in [0.25, 0.3) is 5.56 Å². The summed E-state index contributed by atoms with van der Waals surface area (Å²) in [7, 11) is 3.19. The second-order valence-electron chi connectivity index (χ2n) is 6.85. The average molecular weight is 385 g/mol. The standard InChI is InChI=1S/C19H23N5O4/c1-12(2)28-14-7-5-13(6-8-14)9-20-15(25)10-24-18(26)16-17(21-11-22(16)3)23(4)19(24)27/h5-8,11-12H,9-10H2,1-4H3,(H,20,25). The summed E-state index contributed by atoms with van der Waals surface area (Å²) in [6.45, 7) is 3.82. The molecule has 0 saturated heterocycles. The molecule has 0 aliphatic heterocycles. The first-order valence-corrected chi connectivity index (χ1v) is 8.91. The SMILES string of the molecule is CC(C)Oc1ccc(CNC(=O)Cn2c(=O)c3c(ncn3C)n(C)c2=O)cc1. The molecule has 0 aliphatic rings. The minimum absolute atomic E-state index is 0.0863. The Balaban J connectivity index is 1.73. The highest BCUT2D eigenvalue weighted by Crippen LogP contribution is 2.13. The highest BCUT2D eigenvalue weighted by atomic mass is 16.5. The number of amides is 1. The molecule has 0 radical (unpaired) electrons. The van der Waals surface area contributed by atoms with Crippen molar-refractivity contribution in [1.82, 2.24) is 24.0 Å². The summed E-state index contributed by atoms with van der Waals surface area (Å²) < 4.78 is 9.29. The zero-order valence-electron chi connectivity index (χ0n) is 16.3. The largest absolute Gasteiger partial charge is 0.491 e. The van der Waals surface area contributed by atoms with E-state index in [9.17, 15) is 14.4 Å².